The van der Waals surface area contributed by atoms with Crippen molar-refractivity contribution in [2.75, 3.05) is 30.8 Å². The highest BCUT2D eigenvalue weighted by Crippen LogP contribution is 2.20. The highest BCUT2D eigenvalue weighted by Gasteiger charge is 2.28. The number of nitrogens with zero attached hydrogens (tertiary/aromatic N) is 2. The molecule has 0 saturated heterocycles. The second kappa shape index (κ2) is 13.0. The van der Waals surface area contributed by atoms with Crippen LogP contribution in [0.15, 0.2) is 54.6 Å². The van der Waals surface area contributed by atoms with E-state index in [1.54, 1.807) is 36.3 Å². The normalized spacial score (nSPS) is 12.0. The first-order valence-electron chi connectivity index (χ1n) is 11.4. The number of carbonyl (C=O) groups excluding carboxylic acids is 2. The number of sulfonamides is 1. The molecule has 9 heteroatoms. The molecule has 0 aliphatic heterocycles. The fourth-order valence-electron chi connectivity index (χ4n) is 3.78. The molecule has 0 radical (unpaired) electrons. The quantitative estimate of drug-likeness (QED) is 0.466. The van der Waals surface area contributed by atoms with Crippen molar-refractivity contribution in [1.82, 2.24) is 10.2 Å². The van der Waals surface area contributed by atoms with Crippen LogP contribution in [0.2, 0.25) is 0 Å². The number of amides is 2. The molecule has 0 heterocycles. The van der Waals surface area contributed by atoms with Crippen LogP contribution in [0, 0.1) is 0 Å². The topological polar surface area (TPSA) is 96.0 Å². The van der Waals surface area contributed by atoms with Gasteiger partial charge in [0.05, 0.1) is 19.1 Å². The Bertz CT molecular complexity index is 1040. The van der Waals surface area contributed by atoms with Gasteiger partial charge in [0.15, 0.2) is 0 Å². The third kappa shape index (κ3) is 7.76. The number of anilines is 1. The maximum absolute atomic E-state index is 13.3. The largest absolute Gasteiger partial charge is 0.497 e. The van der Waals surface area contributed by atoms with Gasteiger partial charge < -0.3 is 15.0 Å². The summed E-state index contributed by atoms with van der Waals surface area (Å²) >= 11 is 0. The number of ether oxygens (including phenoxy) is 1. The summed E-state index contributed by atoms with van der Waals surface area (Å²) < 4.78 is 31.2. The predicted molar refractivity (Wildman–Crippen MR) is 134 cm³/mol. The van der Waals surface area contributed by atoms with Crippen molar-refractivity contribution in [1.29, 1.82) is 0 Å². The smallest absolute Gasteiger partial charge is 0.242 e. The van der Waals surface area contributed by atoms with Gasteiger partial charge >= 0.3 is 0 Å². The second-order valence-electron chi connectivity index (χ2n) is 7.97. The monoisotopic (exact) mass is 489 g/mol. The van der Waals surface area contributed by atoms with Crippen LogP contribution >= 0.6 is 0 Å². The first-order valence-corrected chi connectivity index (χ1v) is 13.3. The van der Waals surface area contributed by atoms with Gasteiger partial charge in [-0.3, -0.25) is 13.9 Å². The molecule has 2 aromatic rings. The lowest BCUT2D eigenvalue weighted by atomic mass is 10.1. The molecule has 8 nitrogen and oxygen atoms in total. The molecular formula is C25H35N3O5S. The van der Waals surface area contributed by atoms with Crippen LogP contribution in [0.25, 0.3) is 0 Å². The van der Waals surface area contributed by atoms with Crippen molar-refractivity contribution in [2.45, 2.75) is 45.7 Å². The van der Waals surface area contributed by atoms with E-state index < -0.39 is 16.1 Å². The average molecular weight is 490 g/mol. The zero-order valence-electron chi connectivity index (χ0n) is 20.4. The number of carbonyl (C=O) groups is 2. The highest BCUT2D eigenvalue weighted by atomic mass is 32.2. The molecule has 0 unspecified atom stereocenters. The number of rotatable bonds is 13. The predicted octanol–water partition coefficient (Wildman–Crippen LogP) is 3.18. The van der Waals surface area contributed by atoms with Crippen LogP contribution in [0.1, 0.15) is 38.7 Å². The number of methoxy groups -OCH3 is 1. The van der Waals surface area contributed by atoms with Gasteiger partial charge in [-0.15, -0.1) is 0 Å². The van der Waals surface area contributed by atoms with E-state index in [0.29, 0.717) is 30.8 Å². The molecule has 1 atom stereocenters. The molecular weight excluding hydrogens is 454 g/mol. The van der Waals surface area contributed by atoms with Crippen LogP contribution in [0.3, 0.4) is 0 Å². The fourth-order valence-corrected chi connectivity index (χ4v) is 4.74. The van der Waals surface area contributed by atoms with Crippen LogP contribution in [-0.2, 0) is 26.2 Å². The Hall–Kier alpha value is -3.07. The van der Waals surface area contributed by atoms with E-state index in [4.69, 9.17) is 4.74 Å². The van der Waals surface area contributed by atoms with E-state index in [0.717, 1.165) is 11.8 Å². The van der Waals surface area contributed by atoms with E-state index in [1.807, 2.05) is 44.2 Å². The maximum Gasteiger partial charge on any atom is 0.242 e. The molecule has 0 fully saturated rings. The first-order chi connectivity index (χ1) is 16.2. The van der Waals surface area contributed by atoms with Gasteiger partial charge in [0.1, 0.15) is 11.8 Å². The highest BCUT2D eigenvalue weighted by molar-refractivity contribution is 7.92. The van der Waals surface area contributed by atoms with Crippen molar-refractivity contribution >= 4 is 27.5 Å². The lowest BCUT2D eigenvalue weighted by Gasteiger charge is -2.31. The van der Waals surface area contributed by atoms with Crippen molar-refractivity contribution in [3.63, 3.8) is 0 Å². The number of para-hydroxylation sites is 1. The summed E-state index contributed by atoms with van der Waals surface area (Å²) in [6, 6.07) is 15.6. The van der Waals surface area contributed by atoms with Gasteiger partial charge in [0, 0.05) is 26.1 Å². The number of hydrogen-bond donors (Lipinski definition) is 1. The van der Waals surface area contributed by atoms with E-state index >= 15 is 0 Å². The number of likely N-dealkylation sites (N-methyl/N-ethyl adjacent to an activating group) is 1. The van der Waals surface area contributed by atoms with Crippen LogP contribution in [0.4, 0.5) is 5.69 Å². The number of nitrogens with one attached hydrogen (secondary N) is 1. The minimum Gasteiger partial charge on any atom is -0.497 e. The average Bonchev–Trinajstić information content (AvgIpc) is 2.81. The van der Waals surface area contributed by atoms with Crippen molar-refractivity contribution in [3.05, 3.63) is 60.2 Å². The zero-order chi connectivity index (χ0) is 25.1. The lowest BCUT2D eigenvalue weighted by molar-refractivity contribution is -0.141. The van der Waals surface area contributed by atoms with Gasteiger partial charge in [-0.05, 0) is 49.6 Å². The van der Waals surface area contributed by atoms with Crippen LogP contribution in [0.5, 0.6) is 5.75 Å². The van der Waals surface area contributed by atoms with Crippen LogP contribution < -0.4 is 14.4 Å². The summed E-state index contributed by atoms with van der Waals surface area (Å²) in [6.07, 6.45) is 2.04. The summed E-state index contributed by atoms with van der Waals surface area (Å²) in [6.45, 7) is 4.59. The number of benzene rings is 2. The lowest BCUT2D eigenvalue weighted by Crippen LogP contribution is -2.49. The first kappa shape index (κ1) is 27.2. The van der Waals surface area contributed by atoms with Gasteiger partial charge in [0.2, 0.25) is 21.8 Å². The third-order valence-corrected chi connectivity index (χ3v) is 6.61. The fraction of sp³-hybridized carbons (Fsp3) is 0.440. The summed E-state index contributed by atoms with van der Waals surface area (Å²) in [4.78, 5) is 27.6. The standard InChI is InChI=1S/C25H35N3O5S/c1-5-23(25(30)26-6-2)27(19-20-12-10-15-22(18-20)33-3)24(29)16-11-17-28(34(4,31)32)21-13-8-7-9-14-21/h7-10,12-15,18,23H,5-6,11,16-17,19H2,1-4H3,(H,26,30)/t23-/m1/s1. The van der Waals surface area contributed by atoms with Crippen molar-refractivity contribution in [2.24, 2.45) is 0 Å². The minimum absolute atomic E-state index is 0.110. The Labute approximate surface area is 202 Å². The molecule has 0 saturated carbocycles. The van der Waals surface area contributed by atoms with Gasteiger partial charge in [-0.2, -0.15) is 0 Å². The Balaban J connectivity index is 2.20. The number of hydrogen-bond acceptors (Lipinski definition) is 5. The SMILES string of the molecule is CCNC(=O)[C@@H](CC)N(Cc1cccc(OC)c1)C(=O)CCCN(c1ccccc1)S(C)(=O)=O. The Kier molecular flexibility index (Phi) is 10.4. The molecule has 0 bridgehead atoms. The Morgan fingerprint density at radius 2 is 1.76 bits per heavy atom. The molecule has 2 aromatic carbocycles. The minimum atomic E-state index is -3.50. The molecule has 0 aliphatic carbocycles. The van der Waals surface area contributed by atoms with Crippen molar-refractivity contribution < 1.29 is 22.7 Å². The van der Waals surface area contributed by atoms with E-state index in [1.165, 1.54) is 4.31 Å². The Morgan fingerprint density at radius 3 is 2.35 bits per heavy atom. The van der Waals surface area contributed by atoms with Gasteiger partial charge in [-0.1, -0.05) is 37.3 Å². The van der Waals surface area contributed by atoms with Gasteiger partial charge in [0.25, 0.3) is 0 Å². The maximum atomic E-state index is 13.3. The van der Waals surface area contributed by atoms with E-state index in [2.05, 4.69) is 5.32 Å². The zero-order valence-corrected chi connectivity index (χ0v) is 21.2. The molecule has 0 aliphatic rings. The summed E-state index contributed by atoms with van der Waals surface area (Å²) in [5.74, 6) is 0.258. The second-order valence-corrected chi connectivity index (χ2v) is 9.87. The van der Waals surface area contributed by atoms with Crippen molar-refractivity contribution in [3.8, 4) is 5.75 Å². The molecule has 2 amide bonds. The summed E-state index contributed by atoms with van der Waals surface area (Å²) in [7, 11) is -1.93. The van der Waals surface area contributed by atoms with Gasteiger partial charge in [-0.25, -0.2) is 8.42 Å². The van der Waals surface area contributed by atoms with E-state index in [9.17, 15) is 18.0 Å². The van der Waals surface area contributed by atoms with Crippen LogP contribution in [-0.4, -0.2) is 57.6 Å². The molecule has 0 aromatic heterocycles. The Morgan fingerprint density at radius 1 is 1.06 bits per heavy atom. The molecule has 1 N–H and O–H groups in total. The summed E-state index contributed by atoms with van der Waals surface area (Å²) in [5, 5.41) is 2.81. The molecule has 0 spiro atoms. The summed E-state index contributed by atoms with van der Waals surface area (Å²) in [5.41, 5.74) is 1.40. The molecule has 186 valence electrons. The molecule has 2 rings (SSSR count). The third-order valence-electron chi connectivity index (χ3n) is 5.42. The molecule has 34 heavy (non-hydrogen) atoms. The van der Waals surface area contributed by atoms with E-state index in [-0.39, 0.29) is 31.3 Å².